The van der Waals surface area contributed by atoms with Crippen molar-refractivity contribution in [2.45, 2.75) is 39.3 Å². The Morgan fingerprint density at radius 1 is 0.947 bits per heavy atom. The van der Waals surface area contributed by atoms with E-state index in [2.05, 4.69) is 5.32 Å². The van der Waals surface area contributed by atoms with Crippen LogP contribution in [0.5, 0.6) is 0 Å². The van der Waals surface area contributed by atoms with Crippen molar-refractivity contribution in [3.05, 3.63) is 101 Å². The highest BCUT2D eigenvalue weighted by molar-refractivity contribution is 7.92. The van der Waals surface area contributed by atoms with Crippen molar-refractivity contribution in [2.75, 3.05) is 23.7 Å². The lowest BCUT2D eigenvalue weighted by atomic mass is 10.0. The number of anilines is 1. The van der Waals surface area contributed by atoms with Crippen LogP contribution in [0.3, 0.4) is 0 Å². The lowest BCUT2D eigenvalue weighted by Gasteiger charge is -2.33. The minimum atomic E-state index is -3.85. The van der Waals surface area contributed by atoms with Crippen LogP contribution >= 0.6 is 0 Å². The molecule has 0 radical (unpaired) electrons. The smallest absolute Gasteiger partial charge is 0.244 e. The SMILES string of the molecule is CCCNC(=O)[C@H](Cc1ccccc1)N(Cc1ccccc1F)C(=O)CN(c1ccc(C)cc1)S(C)(=O)=O. The van der Waals surface area contributed by atoms with Crippen LogP contribution in [0, 0.1) is 12.7 Å². The van der Waals surface area contributed by atoms with E-state index in [1.807, 2.05) is 44.2 Å². The van der Waals surface area contributed by atoms with Crippen molar-refractivity contribution in [1.29, 1.82) is 0 Å². The number of nitrogens with one attached hydrogen (secondary N) is 1. The Morgan fingerprint density at radius 3 is 2.18 bits per heavy atom. The Morgan fingerprint density at radius 2 is 1.58 bits per heavy atom. The van der Waals surface area contributed by atoms with Gasteiger partial charge < -0.3 is 10.2 Å². The number of sulfonamides is 1. The second-order valence-corrected chi connectivity index (χ2v) is 11.1. The number of carbonyl (C=O) groups is 2. The van der Waals surface area contributed by atoms with Crippen LogP contribution in [0.4, 0.5) is 10.1 Å². The Kier molecular flexibility index (Phi) is 10.0. The van der Waals surface area contributed by atoms with Crippen molar-refractivity contribution < 1.29 is 22.4 Å². The predicted octanol–water partition coefficient (Wildman–Crippen LogP) is 4.07. The highest BCUT2D eigenvalue weighted by Crippen LogP contribution is 2.21. The van der Waals surface area contributed by atoms with Gasteiger partial charge in [0, 0.05) is 25.1 Å². The second-order valence-electron chi connectivity index (χ2n) is 9.21. The Labute approximate surface area is 224 Å². The predicted molar refractivity (Wildman–Crippen MR) is 148 cm³/mol. The van der Waals surface area contributed by atoms with Crippen molar-refractivity contribution in [2.24, 2.45) is 0 Å². The van der Waals surface area contributed by atoms with Crippen LogP contribution in [0.15, 0.2) is 78.9 Å². The molecule has 0 heterocycles. The molecule has 0 spiro atoms. The van der Waals surface area contributed by atoms with Crippen LogP contribution in [-0.2, 0) is 32.6 Å². The van der Waals surface area contributed by atoms with Crippen LogP contribution in [0.25, 0.3) is 0 Å². The molecule has 3 aromatic carbocycles. The zero-order valence-electron chi connectivity index (χ0n) is 21.9. The van der Waals surface area contributed by atoms with Gasteiger partial charge in [0.05, 0.1) is 11.9 Å². The first kappa shape index (κ1) is 28.8. The summed E-state index contributed by atoms with van der Waals surface area (Å²) >= 11 is 0. The zero-order chi connectivity index (χ0) is 27.7. The van der Waals surface area contributed by atoms with Gasteiger partial charge >= 0.3 is 0 Å². The molecule has 202 valence electrons. The van der Waals surface area contributed by atoms with Crippen LogP contribution in [0.2, 0.25) is 0 Å². The summed E-state index contributed by atoms with van der Waals surface area (Å²) in [5, 5.41) is 2.85. The molecular formula is C29H34FN3O4S. The molecule has 0 saturated carbocycles. The lowest BCUT2D eigenvalue weighted by Crippen LogP contribution is -2.53. The van der Waals surface area contributed by atoms with E-state index in [0.717, 1.165) is 21.7 Å². The third kappa shape index (κ3) is 7.89. The van der Waals surface area contributed by atoms with Gasteiger partial charge in [0.25, 0.3) is 0 Å². The van der Waals surface area contributed by atoms with Crippen molar-refractivity contribution in [3.63, 3.8) is 0 Å². The van der Waals surface area contributed by atoms with E-state index < -0.39 is 34.3 Å². The molecule has 0 aromatic heterocycles. The number of hydrogen-bond acceptors (Lipinski definition) is 4. The fraction of sp³-hybridized carbons (Fsp3) is 0.310. The highest BCUT2D eigenvalue weighted by atomic mass is 32.2. The fourth-order valence-electron chi connectivity index (χ4n) is 4.05. The number of halogens is 1. The normalized spacial score (nSPS) is 12.0. The molecule has 0 aliphatic carbocycles. The minimum absolute atomic E-state index is 0.181. The number of rotatable bonds is 12. The first-order valence-corrected chi connectivity index (χ1v) is 14.3. The molecular weight excluding hydrogens is 505 g/mol. The number of carbonyl (C=O) groups excluding carboxylic acids is 2. The third-order valence-electron chi connectivity index (χ3n) is 6.12. The molecule has 0 aliphatic heterocycles. The van der Waals surface area contributed by atoms with Crippen molar-refractivity contribution in [1.82, 2.24) is 10.2 Å². The van der Waals surface area contributed by atoms with Gasteiger partial charge in [-0.2, -0.15) is 0 Å². The fourth-order valence-corrected chi connectivity index (χ4v) is 4.90. The summed E-state index contributed by atoms with van der Waals surface area (Å²) < 4.78 is 41.2. The summed E-state index contributed by atoms with van der Waals surface area (Å²) in [6.45, 7) is 3.46. The van der Waals surface area contributed by atoms with Gasteiger partial charge in [-0.15, -0.1) is 0 Å². The van der Waals surface area contributed by atoms with Gasteiger partial charge in [-0.25, -0.2) is 12.8 Å². The van der Waals surface area contributed by atoms with Gasteiger partial charge in [0.15, 0.2) is 0 Å². The maximum absolute atomic E-state index is 14.7. The summed E-state index contributed by atoms with van der Waals surface area (Å²) in [6, 6.07) is 21.0. The molecule has 0 saturated heterocycles. The lowest BCUT2D eigenvalue weighted by molar-refractivity contribution is -0.140. The van der Waals surface area contributed by atoms with Gasteiger partial charge in [0.1, 0.15) is 18.4 Å². The van der Waals surface area contributed by atoms with Gasteiger partial charge in [0.2, 0.25) is 21.8 Å². The first-order chi connectivity index (χ1) is 18.1. The minimum Gasteiger partial charge on any atom is -0.354 e. The topological polar surface area (TPSA) is 86.8 Å². The summed E-state index contributed by atoms with van der Waals surface area (Å²) in [4.78, 5) is 28.6. The average molecular weight is 540 g/mol. The number of aryl methyl sites for hydroxylation is 1. The van der Waals surface area contributed by atoms with E-state index in [0.29, 0.717) is 18.7 Å². The molecule has 2 amide bonds. The van der Waals surface area contributed by atoms with E-state index in [-0.39, 0.29) is 24.4 Å². The summed E-state index contributed by atoms with van der Waals surface area (Å²) in [7, 11) is -3.85. The van der Waals surface area contributed by atoms with E-state index in [9.17, 15) is 22.4 Å². The Bertz CT molecular complexity index is 1330. The summed E-state index contributed by atoms with van der Waals surface area (Å²) in [6.07, 6.45) is 1.90. The van der Waals surface area contributed by atoms with E-state index in [1.165, 1.54) is 11.0 Å². The highest BCUT2D eigenvalue weighted by Gasteiger charge is 2.33. The van der Waals surface area contributed by atoms with Crippen LogP contribution < -0.4 is 9.62 Å². The van der Waals surface area contributed by atoms with Crippen molar-refractivity contribution in [3.8, 4) is 0 Å². The zero-order valence-corrected chi connectivity index (χ0v) is 22.7. The summed E-state index contributed by atoms with van der Waals surface area (Å²) in [5.41, 5.74) is 2.30. The Balaban J connectivity index is 2.04. The number of benzene rings is 3. The molecule has 9 heteroatoms. The van der Waals surface area contributed by atoms with Crippen molar-refractivity contribution >= 4 is 27.5 Å². The number of amides is 2. The largest absolute Gasteiger partial charge is 0.354 e. The maximum Gasteiger partial charge on any atom is 0.244 e. The van der Waals surface area contributed by atoms with Crippen LogP contribution in [0.1, 0.15) is 30.0 Å². The Hall–Kier alpha value is -3.72. The monoisotopic (exact) mass is 539 g/mol. The first-order valence-electron chi connectivity index (χ1n) is 12.5. The summed E-state index contributed by atoms with van der Waals surface area (Å²) in [5.74, 6) is -1.52. The van der Waals surface area contributed by atoms with Gasteiger partial charge in [-0.05, 0) is 37.1 Å². The quantitative estimate of drug-likeness (QED) is 0.376. The van der Waals surface area contributed by atoms with E-state index in [1.54, 1.807) is 42.5 Å². The number of hydrogen-bond donors (Lipinski definition) is 1. The average Bonchev–Trinajstić information content (AvgIpc) is 2.89. The molecule has 0 aliphatic rings. The molecule has 3 aromatic rings. The number of nitrogens with zero attached hydrogens (tertiary/aromatic N) is 2. The molecule has 7 nitrogen and oxygen atoms in total. The van der Waals surface area contributed by atoms with E-state index >= 15 is 0 Å². The second kappa shape index (κ2) is 13.2. The van der Waals surface area contributed by atoms with Crippen LogP contribution in [-0.4, -0.2) is 50.5 Å². The van der Waals surface area contributed by atoms with Gasteiger partial charge in [-0.3, -0.25) is 13.9 Å². The van der Waals surface area contributed by atoms with E-state index in [4.69, 9.17) is 0 Å². The third-order valence-corrected chi connectivity index (χ3v) is 7.26. The molecule has 0 fully saturated rings. The molecule has 0 bridgehead atoms. The molecule has 0 unspecified atom stereocenters. The maximum atomic E-state index is 14.7. The van der Waals surface area contributed by atoms with Gasteiger partial charge in [-0.1, -0.05) is 73.2 Å². The standard InChI is InChI=1S/C29H34FN3O4S/c1-4-18-31-29(35)27(19-23-10-6-5-7-11-23)32(20-24-12-8-9-13-26(24)30)28(34)21-33(38(3,36)37)25-16-14-22(2)15-17-25/h5-17,27H,4,18-21H2,1-3H3,(H,31,35)/t27-/m0/s1. The molecule has 38 heavy (non-hydrogen) atoms. The molecule has 1 atom stereocenters. The molecule has 3 rings (SSSR count). The molecule has 1 N–H and O–H groups in total.